The molecule has 1 heterocycles. The molecule has 0 spiro atoms. The molecule has 11 heavy (non-hydrogen) atoms. The van der Waals surface area contributed by atoms with Crippen molar-refractivity contribution in [1.82, 2.24) is 0 Å². The van der Waals surface area contributed by atoms with Crippen LogP contribution < -0.4 is 0 Å². The van der Waals surface area contributed by atoms with E-state index in [0.29, 0.717) is 0 Å². The van der Waals surface area contributed by atoms with Gasteiger partial charge in [0.2, 0.25) is 0 Å². The van der Waals surface area contributed by atoms with Crippen molar-refractivity contribution in [2.45, 2.75) is 11.8 Å². The number of hydrogen-bond acceptors (Lipinski definition) is 2. The van der Waals surface area contributed by atoms with Gasteiger partial charge >= 0.3 is 7.60 Å². The average molecular weight is 217 g/mol. The van der Waals surface area contributed by atoms with Crippen LogP contribution in [0.2, 0.25) is 0 Å². The summed E-state index contributed by atoms with van der Waals surface area (Å²) in [4.78, 5) is 8.03. The second-order valence-electron chi connectivity index (χ2n) is 2.51. The number of hydrogen-bond donors (Lipinski definition) is 1. The molecule has 6 heteroatoms. The maximum absolute atomic E-state index is 10.8. The molecule has 1 N–H and O–H groups in total. The van der Waals surface area contributed by atoms with Gasteiger partial charge in [-0.05, 0) is 6.92 Å². The third kappa shape index (κ3) is 2.20. The first-order valence-corrected chi connectivity index (χ1v) is 5.28. The number of rotatable bonds is 0. The molecule has 2 atom stereocenters. The van der Waals surface area contributed by atoms with E-state index in [2.05, 4.69) is 4.52 Å². The van der Waals surface area contributed by atoms with Crippen molar-refractivity contribution in [3.63, 3.8) is 0 Å². The molecule has 1 aliphatic heterocycles. The predicted molar refractivity (Wildman–Crippen MR) is 44.0 cm³/mol. The lowest BCUT2D eigenvalue weighted by Gasteiger charge is -2.26. The zero-order valence-corrected chi connectivity index (χ0v) is 8.16. The number of alkyl halides is 1. The van der Waals surface area contributed by atoms with E-state index in [1.807, 2.05) is 0 Å². The first kappa shape index (κ1) is 9.56. The smallest absolute Gasteiger partial charge is 0.321 e. The summed E-state index contributed by atoms with van der Waals surface area (Å²) >= 11 is 11.4. The van der Waals surface area contributed by atoms with Gasteiger partial charge in [-0.25, -0.2) is 0 Å². The van der Waals surface area contributed by atoms with Crippen molar-refractivity contribution < 1.29 is 14.0 Å². The van der Waals surface area contributed by atoms with Gasteiger partial charge in [-0.15, -0.1) is 11.6 Å². The minimum absolute atomic E-state index is 0.0440. The summed E-state index contributed by atoms with van der Waals surface area (Å²) in [5, 5.41) is 0.163. The standard InChI is InChI=1S/C5H7Cl2O3P/c1-5(7)3-10-11(8,9)2-4(5)6/h2H,3H2,1H3,(H,8,9). The summed E-state index contributed by atoms with van der Waals surface area (Å²) in [7, 11) is -3.60. The van der Waals surface area contributed by atoms with Crippen LogP contribution in [0.1, 0.15) is 6.92 Å². The van der Waals surface area contributed by atoms with Gasteiger partial charge < -0.3 is 9.42 Å². The van der Waals surface area contributed by atoms with Crippen LogP contribution in [0.15, 0.2) is 10.8 Å². The van der Waals surface area contributed by atoms with Crippen LogP contribution in [-0.4, -0.2) is 16.4 Å². The van der Waals surface area contributed by atoms with E-state index < -0.39 is 12.5 Å². The molecule has 0 aromatic heterocycles. The van der Waals surface area contributed by atoms with Crippen LogP contribution in [-0.2, 0) is 9.09 Å². The fraction of sp³-hybridized carbons (Fsp3) is 0.600. The van der Waals surface area contributed by atoms with Crippen molar-refractivity contribution >= 4 is 30.8 Å². The summed E-state index contributed by atoms with van der Waals surface area (Å²) in [6.07, 6.45) is 0. The van der Waals surface area contributed by atoms with Crippen molar-refractivity contribution in [3.05, 3.63) is 10.8 Å². The first-order chi connectivity index (χ1) is 4.83. The highest BCUT2D eigenvalue weighted by Crippen LogP contribution is 2.52. The summed E-state index contributed by atoms with van der Waals surface area (Å²) < 4.78 is 15.4. The molecule has 0 radical (unpaired) electrons. The molecular weight excluding hydrogens is 210 g/mol. The Bertz CT molecular complexity index is 248. The highest BCUT2D eigenvalue weighted by atomic mass is 35.5. The molecule has 0 aromatic carbocycles. The van der Waals surface area contributed by atoms with Crippen LogP contribution in [0.25, 0.3) is 0 Å². The van der Waals surface area contributed by atoms with Gasteiger partial charge in [0.15, 0.2) is 0 Å². The van der Waals surface area contributed by atoms with Gasteiger partial charge in [-0.2, -0.15) is 0 Å². The Morgan fingerprint density at radius 3 is 2.82 bits per heavy atom. The molecule has 0 amide bonds. The minimum atomic E-state index is -3.60. The summed E-state index contributed by atoms with van der Waals surface area (Å²) in [5.41, 5.74) is 0. The fourth-order valence-corrected chi connectivity index (χ4v) is 2.37. The first-order valence-electron chi connectivity index (χ1n) is 2.88. The molecule has 0 fully saturated rings. The average Bonchev–Trinajstić information content (AvgIpc) is 1.81. The molecule has 2 unspecified atom stereocenters. The van der Waals surface area contributed by atoms with Crippen LogP contribution in [0.3, 0.4) is 0 Å². The van der Waals surface area contributed by atoms with Crippen LogP contribution in [0.4, 0.5) is 0 Å². The fourth-order valence-electron chi connectivity index (χ4n) is 0.598. The Hall–Kier alpha value is 0.470. The van der Waals surface area contributed by atoms with Crippen molar-refractivity contribution in [2.24, 2.45) is 0 Å². The molecule has 0 aromatic rings. The molecule has 0 saturated heterocycles. The van der Waals surface area contributed by atoms with E-state index in [9.17, 15) is 4.57 Å². The Labute approximate surface area is 74.5 Å². The van der Waals surface area contributed by atoms with E-state index in [4.69, 9.17) is 28.1 Å². The lowest BCUT2D eigenvalue weighted by atomic mass is 10.2. The lowest BCUT2D eigenvalue weighted by molar-refractivity contribution is 0.245. The second kappa shape index (κ2) is 2.75. The monoisotopic (exact) mass is 216 g/mol. The van der Waals surface area contributed by atoms with Crippen LogP contribution in [0.5, 0.6) is 0 Å². The molecule has 0 bridgehead atoms. The molecule has 1 aliphatic rings. The van der Waals surface area contributed by atoms with Crippen molar-refractivity contribution in [3.8, 4) is 0 Å². The Balaban J connectivity index is 2.99. The molecule has 1 rings (SSSR count). The van der Waals surface area contributed by atoms with Gasteiger partial charge in [-0.1, -0.05) is 11.6 Å². The molecule has 0 aliphatic carbocycles. The van der Waals surface area contributed by atoms with Gasteiger partial charge in [0, 0.05) is 10.8 Å². The van der Waals surface area contributed by atoms with Gasteiger partial charge in [0.1, 0.15) is 4.87 Å². The Morgan fingerprint density at radius 2 is 2.45 bits per heavy atom. The molecule has 64 valence electrons. The third-order valence-electron chi connectivity index (χ3n) is 1.30. The quantitative estimate of drug-likeness (QED) is 0.500. The molecular formula is C5H7Cl2O3P. The van der Waals surface area contributed by atoms with Gasteiger partial charge in [0.25, 0.3) is 0 Å². The van der Waals surface area contributed by atoms with E-state index in [1.165, 1.54) is 0 Å². The van der Waals surface area contributed by atoms with E-state index in [-0.39, 0.29) is 11.6 Å². The van der Waals surface area contributed by atoms with Crippen molar-refractivity contribution in [2.75, 3.05) is 6.61 Å². The molecule has 3 nitrogen and oxygen atoms in total. The zero-order chi connectivity index (χ0) is 8.70. The Morgan fingerprint density at radius 1 is 1.91 bits per heavy atom. The highest BCUT2D eigenvalue weighted by molar-refractivity contribution is 7.56. The second-order valence-corrected chi connectivity index (χ2v) is 5.40. The largest absolute Gasteiger partial charge is 0.352 e. The van der Waals surface area contributed by atoms with Crippen LogP contribution in [0, 0.1) is 0 Å². The number of halogens is 2. The van der Waals surface area contributed by atoms with E-state index in [0.717, 1.165) is 5.82 Å². The third-order valence-corrected chi connectivity index (χ3v) is 3.47. The Kier molecular flexibility index (Phi) is 2.39. The predicted octanol–water partition coefficient (Wildman–Crippen LogP) is 2.28. The molecule has 0 saturated carbocycles. The summed E-state index contributed by atoms with van der Waals surface area (Å²) in [5.74, 6) is 0.963. The SMILES string of the molecule is CC1(Cl)COP(=O)(O)C=C1Cl. The van der Waals surface area contributed by atoms with Crippen molar-refractivity contribution in [1.29, 1.82) is 0 Å². The normalized spacial score (nSPS) is 45.3. The van der Waals surface area contributed by atoms with Gasteiger partial charge in [-0.3, -0.25) is 4.57 Å². The maximum Gasteiger partial charge on any atom is 0.352 e. The van der Waals surface area contributed by atoms with E-state index in [1.54, 1.807) is 6.92 Å². The summed E-state index contributed by atoms with van der Waals surface area (Å²) in [6.45, 7) is 1.57. The summed E-state index contributed by atoms with van der Waals surface area (Å²) in [6, 6.07) is 0. The maximum atomic E-state index is 10.8. The van der Waals surface area contributed by atoms with Gasteiger partial charge in [0.05, 0.1) is 6.61 Å². The lowest BCUT2D eigenvalue weighted by Crippen LogP contribution is -2.26. The zero-order valence-electron chi connectivity index (χ0n) is 5.75. The van der Waals surface area contributed by atoms with Crippen LogP contribution >= 0.6 is 30.8 Å². The highest BCUT2D eigenvalue weighted by Gasteiger charge is 2.36. The minimum Gasteiger partial charge on any atom is -0.321 e. The van der Waals surface area contributed by atoms with E-state index >= 15 is 0 Å². The topological polar surface area (TPSA) is 46.5 Å².